The zero-order valence-electron chi connectivity index (χ0n) is 10.8. The number of rotatable bonds is 5. The lowest BCUT2D eigenvalue weighted by Crippen LogP contribution is -2.48. The molecule has 1 aliphatic heterocycles. The Kier molecular flexibility index (Phi) is 4.14. The normalized spacial score (nSPS) is 31.7. The van der Waals surface area contributed by atoms with Crippen LogP contribution in [0.25, 0.3) is 0 Å². The largest absolute Gasteiger partial charge is 0.376 e. The van der Waals surface area contributed by atoms with E-state index in [0.717, 1.165) is 12.8 Å². The first-order valence-electron chi connectivity index (χ1n) is 6.47. The molecule has 1 aliphatic carbocycles. The minimum atomic E-state index is -0.244. The van der Waals surface area contributed by atoms with Crippen LogP contribution >= 0.6 is 0 Å². The Bertz CT molecular complexity index is 348. The highest BCUT2D eigenvalue weighted by atomic mass is 16.5. The van der Waals surface area contributed by atoms with Gasteiger partial charge in [-0.1, -0.05) is 0 Å². The quantitative estimate of drug-likeness (QED) is 0.683. The average Bonchev–Trinajstić information content (AvgIpc) is 2.86. The molecule has 18 heavy (non-hydrogen) atoms. The highest BCUT2D eigenvalue weighted by Gasteiger charge is 2.45. The van der Waals surface area contributed by atoms with E-state index >= 15 is 0 Å². The van der Waals surface area contributed by atoms with Gasteiger partial charge < -0.3 is 9.47 Å². The summed E-state index contributed by atoms with van der Waals surface area (Å²) < 4.78 is 11.3. The number of hydrogen-bond acceptors (Lipinski definition) is 4. The van der Waals surface area contributed by atoms with Crippen LogP contribution in [-0.4, -0.2) is 48.2 Å². The molecule has 1 unspecified atom stereocenters. The molecule has 100 valence electrons. The molecular formula is C13H19NO4. The first-order valence-corrected chi connectivity index (χ1v) is 6.47. The van der Waals surface area contributed by atoms with Crippen LogP contribution < -0.4 is 0 Å². The van der Waals surface area contributed by atoms with Crippen molar-refractivity contribution in [3.8, 4) is 0 Å². The molecule has 5 heteroatoms. The second kappa shape index (κ2) is 5.63. The van der Waals surface area contributed by atoms with E-state index in [1.807, 2.05) is 13.8 Å². The van der Waals surface area contributed by atoms with Crippen molar-refractivity contribution < 1.29 is 19.1 Å². The lowest BCUT2D eigenvalue weighted by Gasteiger charge is -2.30. The topological polar surface area (TPSA) is 55.8 Å². The van der Waals surface area contributed by atoms with Crippen molar-refractivity contribution in [2.75, 3.05) is 13.2 Å². The fraction of sp³-hybridized carbons (Fsp3) is 0.692. The fourth-order valence-electron chi connectivity index (χ4n) is 2.73. The average molecular weight is 253 g/mol. The Morgan fingerprint density at radius 1 is 1.11 bits per heavy atom. The van der Waals surface area contributed by atoms with Crippen molar-refractivity contribution in [2.45, 2.75) is 44.9 Å². The molecule has 0 radical (unpaired) electrons. The van der Waals surface area contributed by atoms with E-state index in [0.29, 0.717) is 13.2 Å². The van der Waals surface area contributed by atoms with Gasteiger partial charge in [0.15, 0.2) is 0 Å². The predicted octanol–water partition coefficient (Wildman–Crippen LogP) is 0.884. The molecule has 1 fully saturated rings. The second-order valence-electron chi connectivity index (χ2n) is 4.44. The zero-order chi connectivity index (χ0) is 13.1. The minimum absolute atomic E-state index is 0.0267. The summed E-state index contributed by atoms with van der Waals surface area (Å²) in [5, 5.41) is 0. The van der Waals surface area contributed by atoms with Gasteiger partial charge in [0.25, 0.3) is 11.8 Å². The summed E-state index contributed by atoms with van der Waals surface area (Å²) in [6.07, 6.45) is 3.97. The summed E-state index contributed by atoms with van der Waals surface area (Å²) in [7, 11) is 0. The number of amides is 2. The molecule has 0 aromatic carbocycles. The fourth-order valence-corrected chi connectivity index (χ4v) is 2.73. The highest BCUT2D eigenvalue weighted by molar-refractivity contribution is 6.13. The van der Waals surface area contributed by atoms with Crippen LogP contribution in [0.4, 0.5) is 0 Å². The lowest BCUT2D eigenvalue weighted by molar-refractivity contribution is -0.145. The van der Waals surface area contributed by atoms with Gasteiger partial charge in [-0.3, -0.25) is 14.5 Å². The maximum Gasteiger partial charge on any atom is 0.253 e. The monoisotopic (exact) mass is 253 g/mol. The van der Waals surface area contributed by atoms with Gasteiger partial charge >= 0.3 is 0 Å². The molecule has 0 N–H and O–H groups in total. The van der Waals surface area contributed by atoms with Gasteiger partial charge in [0, 0.05) is 25.4 Å². The molecule has 1 heterocycles. The summed E-state index contributed by atoms with van der Waals surface area (Å²) in [5.74, 6) is -0.487. The summed E-state index contributed by atoms with van der Waals surface area (Å²) in [6.45, 7) is 5.00. The highest BCUT2D eigenvalue weighted by Crippen LogP contribution is 2.31. The van der Waals surface area contributed by atoms with E-state index in [1.54, 1.807) is 0 Å². The molecule has 2 amide bonds. The molecule has 0 bridgehead atoms. The van der Waals surface area contributed by atoms with Crippen molar-refractivity contribution in [3.05, 3.63) is 12.2 Å². The third kappa shape index (κ3) is 2.33. The third-order valence-corrected chi connectivity index (χ3v) is 3.41. The summed E-state index contributed by atoms with van der Waals surface area (Å²) in [5.41, 5.74) is 0. The van der Waals surface area contributed by atoms with Gasteiger partial charge in [-0.25, -0.2) is 0 Å². The van der Waals surface area contributed by atoms with Crippen LogP contribution in [0.3, 0.4) is 0 Å². The van der Waals surface area contributed by atoms with E-state index < -0.39 is 0 Å². The third-order valence-electron chi connectivity index (χ3n) is 3.41. The first kappa shape index (κ1) is 13.2. The Morgan fingerprint density at radius 2 is 1.72 bits per heavy atom. The number of hydrogen-bond donors (Lipinski definition) is 0. The van der Waals surface area contributed by atoms with Crippen LogP contribution in [-0.2, 0) is 19.1 Å². The van der Waals surface area contributed by atoms with Gasteiger partial charge in [0.05, 0.1) is 12.1 Å². The summed E-state index contributed by atoms with van der Waals surface area (Å²) >= 11 is 0. The van der Waals surface area contributed by atoms with Crippen LogP contribution in [0.1, 0.15) is 26.7 Å². The zero-order valence-corrected chi connectivity index (χ0v) is 10.8. The molecular weight excluding hydrogens is 234 g/mol. The second-order valence-corrected chi connectivity index (χ2v) is 4.44. The van der Waals surface area contributed by atoms with Crippen molar-refractivity contribution >= 4 is 11.8 Å². The summed E-state index contributed by atoms with van der Waals surface area (Å²) in [6, 6.07) is -0.198. The standard InChI is InChI=1S/C13H19NO4/c1-3-17-10-6-5-9(13(10)18-4-2)14-11(15)7-8-12(14)16/h7-10,13H,3-6H2,1-2H3/t9-,10?,13-/m0/s1. The molecule has 2 aliphatic rings. The van der Waals surface area contributed by atoms with E-state index in [2.05, 4.69) is 0 Å². The molecule has 1 saturated carbocycles. The van der Waals surface area contributed by atoms with Crippen molar-refractivity contribution in [2.24, 2.45) is 0 Å². The van der Waals surface area contributed by atoms with Crippen molar-refractivity contribution in [1.82, 2.24) is 4.90 Å². The molecule has 0 saturated heterocycles. The Morgan fingerprint density at radius 3 is 2.28 bits per heavy atom. The van der Waals surface area contributed by atoms with Gasteiger partial charge in [-0.2, -0.15) is 0 Å². The Labute approximate surface area is 107 Å². The lowest BCUT2D eigenvalue weighted by atomic mass is 10.1. The van der Waals surface area contributed by atoms with E-state index in [9.17, 15) is 9.59 Å². The smallest absolute Gasteiger partial charge is 0.253 e. The first-order chi connectivity index (χ1) is 8.69. The van der Waals surface area contributed by atoms with E-state index in [-0.39, 0.29) is 30.1 Å². The number of carbonyl (C=O) groups is 2. The Balaban J connectivity index is 2.12. The molecule has 0 aromatic rings. The Hall–Kier alpha value is -1.20. The SMILES string of the molecule is CCOC1CC[C@H](N2C(=O)C=CC2=O)[C@@H]1OCC. The number of carbonyl (C=O) groups excluding carboxylic acids is 2. The molecule has 3 atom stereocenters. The molecule has 0 spiro atoms. The van der Waals surface area contributed by atoms with Crippen LogP contribution in [0.2, 0.25) is 0 Å². The van der Waals surface area contributed by atoms with Crippen molar-refractivity contribution in [1.29, 1.82) is 0 Å². The van der Waals surface area contributed by atoms with Gasteiger partial charge in [-0.15, -0.1) is 0 Å². The van der Waals surface area contributed by atoms with E-state index in [1.165, 1.54) is 17.1 Å². The van der Waals surface area contributed by atoms with Gasteiger partial charge in [-0.05, 0) is 26.7 Å². The predicted molar refractivity (Wildman–Crippen MR) is 64.8 cm³/mol. The van der Waals surface area contributed by atoms with Gasteiger partial charge in [0.2, 0.25) is 0 Å². The van der Waals surface area contributed by atoms with Crippen LogP contribution in [0, 0.1) is 0 Å². The van der Waals surface area contributed by atoms with E-state index in [4.69, 9.17) is 9.47 Å². The van der Waals surface area contributed by atoms with Gasteiger partial charge in [0.1, 0.15) is 6.10 Å². The van der Waals surface area contributed by atoms with Crippen LogP contribution in [0.5, 0.6) is 0 Å². The van der Waals surface area contributed by atoms with Crippen LogP contribution in [0.15, 0.2) is 12.2 Å². The van der Waals surface area contributed by atoms with Crippen molar-refractivity contribution in [3.63, 3.8) is 0 Å². The maximum absolute atomic E-state index is 11.7. The molecule has 2 rings (SSSR count). The minimum Gasteiger partial charge on any atom is -0.376 e. The summed E-state index contributed by atoms with van der Waals surface area (Å²) in [4.78, 5) is 24.7. The number of ether oxygens (including phenoxy) is 2. The maximum atomic E-state index is 11.7. The number of imide groups is 1. The molecule has 0 aromatic heterocycles. The molecule has 5 nitrogen and oxygen atoms in total. The number of nitrogens with zero attached hydrogens (tertiary/aromatic N) is 1.